The van der Waals surface area contributed by atoms with Crippen molar-refractivity contribution in [3.05, 3.63) is 5.82 Å². The highest BCUT2D eigenvalue weighted by molar-refractivity contribution is 7.99. The maximum atomic E-state index is 12.5. The summed E-state index contributed by atoms with van der Waals surface area (Å²) in [5, 5.41) is 7.45. The third kappa shape index (κ3) is 2.99. The highest BCUT2D eigenvalue weighted by Gasteiger charge is 2.55. The van der Waals surface area contributed by atoms with Gasteiger partial charge >= 0.3 is 6.03 Å². The smallest absolute Gasteiger partial charge is 0.327 e. The lowest BCUT2D eigenvalue weighted by molar-refractivity contribution is -0.138. The predicted molar refractivity (Wildman–Crippen MR) is 91.0 cm³/mol. The Morgan fingerprint density at radius 1 is 1.28 bits per heavy atom. The molecule has 0 radical (unpaired) electrons. The number of thioether (sulfide) groups is 1. The molecule has 1 N–H and O–H groups in total. The SMILES string of the molecule is CCc1nc(SCC(=O)N2CCC3(CC2)C(=O)N(C)C(=O)N3C)n[nH]1. The van der Waals surface area contributed by atoms with E-state index >= 15 is 0 Å². The summed E-state index contributed by atoms with van der Waals surface area (Å²) in [6, 6.07) is -0.281. The summed E-state index contributed by atoms with van der Waals surface area (Å²) in [4.78, 5) is 45.6. The van der Waals surface area contributed by atoms with E-state index in [1.165, 1.54) is 28.6 Å². The molecule has 10 heteroatoms. The van der Waals surface area contributed by atoms with Crippen molar-refractivity contribution in [3.63, 3.8) is 0 Å². The number of urea groups is 1. The number of aromatic nitrogens is 3. The van der Waals surface area contributed by atoms with Crippen LogP contribution in [0.4, 0.5) is 4.79 Å². The van der Waals surface area contributed by atoms with Crippen LogP contribution in [0.2, 0.25) is 0 Å². The number of rotatable bonds is 4. The van der Waals surface area contributed by atoms with E-state index in [4.69, 9.17) is 0 Å². The molecule has 0 aliphatic carbocycles. The second kappa shape index (κ2) is 6.66. The van der Waals surface area contributed by atoms with Crippen molar-refractivity contribution in [2.45, 2.75) is 36.9 Å². The monoisotopic (exact) mass is 366 g/mol. The first kappa shape index (κ1) is 17.7. The van der Waals surface area contributed by atoms with Gasteiger partial charge in [0.2, 0.25) is 11.1 Å². The van der Waals surface area contributed by atoms with Crippen molar-refractivity contribution in [2.75, 3.05) is 32.9 Å². The Bertz CT molecular complexity index is 697. The maximum Gasteiger partial charge on any atom is 0.327 e. The van der Waals surface area contributed by atoms with Gasteiger partial charge in [-0.2, -0.15) is 0 Å². The van der Waals surface area contributed by atoms with Crippen molar-refractivity contribution in [2.24, 2.45) is 0 Å². The number of nitrogens with one attached hydrogen (secondary N) is 1. The zero-order valence-corrected chi connectivity index (χ0v) is 15.4. The van der Waals surface area contributed by atoms with Gasteiger partial charge in [-0.25, -0.2) is 9.78 Å². The number of aryl methyl sites for hydroxylation is 1. The molecule has 0 atom stereocenters. The summed E-state index contributed by atoms with van der Waals surface area (Å²) in [5.74, 6) is 0.882. The first-order valence-electron chi connectivity index (χ1n) is 8.27. The van der Waals surface area contributed by atoms with Crippen molar-refractivity contribution in [3.8, 4) is 0 Å². The molecule has 0 aromatic carbocycles. The lowest BCUT2D eigenvalue weighted by atomic mass is 9.86. The number of imide groups is 1. The van der Waals surface area contributed by atoms with Gasteiger partial charge in [0, 0.05) is 33.6 Å². The van der Waals surface area contributed by atoms with Gasteiger partial charge in [0.1, 0.15) is 11.4 Å². The number of hydrogen-bond acceptors (Lipinski definition) is 6. The van der Waals surface area contributed by atoms with E-state index in [1.54, 1.807) is 11.9 Å². The lowest BCUT2D eigenvalue weighted by Crippen LogP contribution is -2.56. The van der Waals surface area contributed by atoms with E-state index in [0.717, 1.165) is 12.2 Å². The van der Waals surface area contributed by atoms with E-state index in [-0.39, 0.29) is 23.6 Å². The molecule has 25 heavy (non-hydrogen) atoms. The average Bonchev–Trinajstić information content (AvgIpc) is 3.16. The Kier molecular flexibility index (Phi) is 4.72. The number of aromatic amines is 1. The minimum Gasteiger partial charge on any atom is -0.342 e. The van der Waals surface area contributed by atoms with Crippen molar-refractivity contribution >= 4 is 29.6 Å². The van der Waals surface area contributed by atoms with Gasteiger partial charge < -0.3 is 9.80 Å². The number of hydrogen-bond donors (Lipinski definition) is 1. The quantitative estimate of drug-likeness (QED) is 0.609. The number of amides is 4. The molecule has 136 valence electrons. The minimum atomic E-state index is -0.796. The van der Waals surface area contributed by atoms with Crippen LogP contribution in [0.5, 0.6) is 0 Å². The zero-order valence-electron chi connectivity index (χ0n) is 14.6. The zero-order chi connectivity index (χ0) is 18.2. The topological polar surface area (TPSA) is 102 Å². The second-order valence-corrected chi connectivity index (χ2v) is 7.27. The molecule has 3 rings (SSSR count). The molecule has 4 amide bonds. The molecular weight excluding hydrogens is 344 g/mol. The van der Waals surface area contributed by atoms with Crippen LogP contribution in [-0.4, -0.2) is 86.2 Å². The van der Waals surface area contributed by atoms with Crippen LogP contribution in [0.25, 0.3) is 0 Å². The van der Waals surface area contributed by atoms with E-state index < -0.39 is 5.54 Å². The van der Waals surface area contributed by atoms with Crippen LogP contribution >= 0.6 is 11.8 Å². The molecule has 3 heterocycles. The fourth-order valence-corrected chi connectivity index (χ4v) is 4.06. The molecule has 1 aromatic rings. The second-order valence-electron chi connectivity index (χ2n) is 6.33. The number of H-pyrrole nitrogens is 1. The van der Waals surface area contributed by atoms with Gasteiger partial charge in [-0.1, -0.05) is 18.7 Å². The highest BCUT2D eigenvalue weighted by atomic mass is 32.2. The van der Waals surface area contributed by atoms with Crippen molar-refractivity contribution < 1.29 is 14.4 Å². The van der Waals surface area contributed by atoms with E-state index in [1.807, 2.05) is 6.92 Å². The Hall–Kier alpha value is -2.10. The summed E-state index contributed by atoms with van der Waals surface area (Å²) < 4.78 is 0. The van der Waals surface area contributed by atoms with Gasteiger partial charge in [-0.05, 0) is 12.8 Å². The number of nitrogens with zero attached hydrogens (tertiary/aromatic N) is 5. The molecule has 1 spiro atoms. The van der Waals surface area contributed by atoms with E-state index in [9.17, 15) is 14.4 Å². The summed E-state index contributed by atoms with van der Waals surface area (Å²) in [6.45, 7) is 2.91. The molecule has 0 saturated carbocycles. The Morgan fingerprint density at radius 3 is 2.48 bits per heavy atom. The number of likely N-dealkylation sites (tertiary alicyclic amines) is 1. The fourth-order valence-electron chi connectivity index (χ4n) is 3.34. The molecule has 2 aliphatic rings. The fraction of sp³-hybridized carbons (Fsp3) is 0.667. The molecular formula is C15H22N6O3S. The van der Waals surface area contributed by atoms with Crippen LogP contribution in [0.3, 0.4) is 0 Å². The van der Waals surface area contributed by atoms with Gasteiger partial charge in [0.25, 0.3) is 5.91 Å². The summed E-state index contributed by atoms with van der Waals surface area (Å²) in [6.07, 6.45) is 1.70. The van der Waals surface area contributed by atoms with E-state index in [0.29, 0.717) is 31.1 Å². The summed E-state index contributed by atoms with van der Waals surface area (Å²) in [7, 11) is 3.16. The first-order chi connectivity index (χ1) is 11.9. The van der Waals surface area contributed by atoms with Crippen LogP contribution in [-0.2, 0) is 16.0 Å². The predicted octanol–water partition coefficient (Wildman–Crippen LogP) is 0.344. The van der Waals surface area contributed by atoms with Crippen molar-refractivity contribution in [1.29, 1.82) is 0 Å². The number of piperidine rings is 1. The third-order valence-corrected chi connectivity index (χ3v) is 5.86. The lowest BCUT2D eigenvalue weighted by Gasteiger charge is -2.40. The van der Waals surface area contributed by atoms with Gasteiger partial charge in [-0.15, -0.1) is 5.10 Å². The standard InChI is InChI=1S/C15H22N6O3S/c1-4-10-16-13(18-17-10)25-9-11(22)21-7-5-15(6-8-21)12(23)19(2)14(24)20(15)3/h4-9H2,1-3H3,(H,16,17,18). The molecule has 9 nitrogen and oxygen atoms in total. The van der Waals surface area contributed by atoms with Gasteiger partial charge in [-0.3, -0.25) is 19.6 Å². The molecule has 2 fully saturated rings. The molecule has 0 unspecified atom stereocenters. The highest BCUT2D eigenvalue weighted by Crippen LogP contribution is 2.35. The van der Waals surface area contributed by atoms with E-state index in [2.05, 4.69) is 15.2 Å². The van der Waals surface area contributed by atoms with Crippen LogP contribution in [0.1, 0.15) is 25.6 Å². The number of likely N-dealkylation sites (N-methyl/N-ethyl adjacent to an activating group) is 2. The van der Waals surface area contributed by atoms with Crippen LogP contribution in [0.15, 0.2) is 5.16 Å². The molecule has 2 saturated heterocycles. The Morgan fingerprint density at radius 2 is 1.96 bits per heavy atom. The molecule has 1 aromatic heterocycles. The third-order valence-electron chi connectivity index (χ3n) is 5.03. The number of carbonyl (C=O) groups is 3. The Balaban J connectivity index is 1.56. The van der Waals surface area contributed by atoms with Gasteiger partial charge in [0.05, 0.1) is 5.75 Å². The van der Waals surface area contributed by atoms with Crippen LogP contribution < -0.4 is 0 Å². The normalized spacial score (nSPS) is 20.0. The van der Waals surface area contributed by atoms with Gasteiger partial charge in [0.15, 0.2) is 0 Å². The summed E-state index contributed by atoms with van der Waals surface area (Å²) in [5.41, 5.74) is -0.796. The van der Waals surface area contributed by atoms with Crippen molar-refractivity contribution in [1.82, 2.24) is 29.9 Å². The first-order valence-corrected chi connectivity index (χ1v) is 9.25. The average molecular weight is 366 g/mol. The largest absolute Gasteiger partial charge is 0.342 e. The Labute approximate surface area is 150 Å². The minimum absolute atomic E-state index is 0.00419. The molecule has 0 bridgehead atoms. The summed E-state index contributed by atoms with van der Waals surface area (Å²) >= 11 is 1.30. The number of carbonyl (C=O) groups excluding carboxylic acids is 3. The molecule has 2 aliphatic heterocycles. The maximum absolute atomic E-state index is 12.5. The van der Waals surface area contributed by atoms with Crippen LogP contribution in [0, 0.1) is 0 Å².